The average molecular weight is 241 g/mol. The van der Waals surface area contributed by atoms with Gasteiger partial charge in [-0.3, -0.25) is 4.90 Å². The van der Waals surface area contributed by atoms with Crippen LogP contribution < -0.4 is 0 Å². The van der Waals surface area contributed by atoms with Crippen LogP contribution in [0.25, 0.3) is 0 Å². The molecule has 0 amide bonds. The summed E-state index contributed by atoms with van der Waals surface area (Å²) in [6, 6.07) is 0.746. The molecular formula is C15H31NO. The molecule has 0 unspecified atom stereocenters. The molecule has 102 valence electrons. The molecule has 0 atom stereocenters. The van der Waals surface area contributed by atoms with Crippen LogP contribution >= 0.6 is 0 Å². The highest BCUT2D eigenvalue weighted by Gasteiger charge is 2.20. The van der Waals surface area contributed by atoms with Crippen LogP contribution in [-0.4, -0.2) is 35.7 Å². The summed E-state index contributed by atoms with van der Waals surface area (Å²) in [6.45, 7) is 9.28. The zero-order chi connectivity index (χ0) is 12.7. The predicted molar refractivity (Wildman–Crippen MR) is 74.2 cm³/mol. The van der Waals surface area contributed by atoms with Crippen molar-refractivity contribution in [2.45, 2.75) is 71.8 Å². The number of aliphatic hydroxyl groups excluding tert-OH is 1. The van der Waals surface area contributed by atoms with E-state index >= 15 is 0 Å². The Labute approximate surface area is 107 Å². The number of aliphatic hydroxyl groups is 1. The van der Waals surface area contributed by atoms with E-state index in [1.54, 1.807) is 0 Å². The van der Waals surface area contributed by atoms with Gasteiger partial charge in [-0.05, 0) is 37.6 Å². The highest BCUT2D eigenvalue weighted by molar-refractivity contribution is 4.76. The Kier molecular flexibility index (Phi) is 6.50. The Morgan fingerprint density at radius 1 is 1.06 bits per heavy atom. The zero-order valence-corrected chi connectivity index (χ0v) is 12.0. The second kappa shape index (κ2) is 7.38. The zero-order valence-electron chi connectivity index (χ0n) is 12.0. The van der Waals surface area contributed by atoms with E-state index in [2.05, 4.69) is 25.7 Å². The summed E-state index contributed by atoms with van der Waals surface area (Å²) >= 11 is 0. The van der Waals surface area contributed by atoms with Crippen LogP contribution in [0.1, 0.15) is 65.7 Å². The first-order valence-electron chi connectivity index (χ1n) is 7.38. The first-order valence-corrected chi connectivity index (χ1v) is 7.38. The molecule has 1 saturated carbocycles. The lowest BCUT2D eigenvalue weighted by Gasteiger charge is -2.34. The molecule has 0 saturated heterocycles. The van der Waals surface area contributed by atoms with Crippen molar-refractivity contribution >= 4 is 0 Å². The Hall–Kier alpha value is -0.0800. The molecule has 1 aliphatic rings. The Morgan fingerprint density at radius 3 is 2.24 bits per heavy atom. The maximum Gasteiger partial charge on any atom is 0.0558 e. The molecule has 17 heavy (non-hydrogen) atoms. The largest absolute Gasteiger partial charge is 0.395 e. The average Bonchev–Trinajstić information content (AvgIpc) is 2.27. The molecular weight excluding hydrogens is 210 g/mol. The quantitative estimate of drug-likeness (QED) is 0.770. The lowest BCUT2D eigenvalue weighted by molar-refractivity contribution is 0.118. The van der Waals surface area contributed by atoms with Gasteiger partial charge in [0.25, 0.3) is 0 Å². The number of hydrogen-bond donors (Lipinski definition) is 1. The van der Waals surface area contributed by atoms with Gasteiger partial charge in [-0.2, -0.15) is 0 Å². The molecule has 0 heterocycles. The summed E-state index contributed by atoms with van der Waals surface area (Å²) in [6.07, 6.45) is 9.40. The van der Waals surface area contributed by atoms with Crippen molar-refractivity contribution in [3.05, 3.63) is 0 Å². The third kappa shape index (κ3) is 6.42. The first kappa shape index (κ1) is 15.0. The fourth-order valence-corrected chi connectivity index (χ4v) is 2.86. The minimum atomic E-state index is 0.312. The highest BCUT2D eigenvalue weighted by Crippen LogP contribution is 2.25. The molecule has 1 fully saturated rings. The molecule has 0 spiro atoms. The van der Waals surface area contributed by atoms with Gasteiger partial charge in [0.15, 0.2) is 0 Å². The minimum absolute atomic E-state index is 0.312. The fourth-order valence-electron chi connectivity index (χ4n) is 2.86. The second-order valence-corrected chi connectivity index (χ2v) is 6.72. The first-order chi connectivity index (χ1) is 8.03. The van der Waals surface area contributed by atoms with Crippen molar-refractivity contribution in [3.63, 3.8) is 0 Å². The molecule has 0 aromatic carbocycles. The van der Waals surface area contributed by atoms with Crippen LogP contribution in [0, 0.1) is 5.41 Å². The van der Waals surface area contributed by atoms with E-state index in [0.29, 0.717) is 12.0 Å². The van der Waals surface area contributed by atoms with Gasteiger partial charge in [0.2, 0.25) is 0 Å². The summed E-state index contributed by atoms with van der Waals surface area (Å²) in [7, 11) is 0. The van der Waals surface area contributed by atoms with Gasteiger partial charge in [0, 0.05) is 12.6 Å². The van der Waals surface area contributed by atoms with E-state index in [9.17, 15) is 5.11 Å². The Morgan fingerprint density at radius 2 is 1.71 bits per heavy atom. The van der Waals surface area contributed by atoms with Gasteiger partial charge in [0.1, 0.15) is 0 Å². The van der Waals surface area contributed by atoms with Crippen molar-refractivity contribution in [2.75, 3.05) is 19.7 Å². The molecule has 2 nitrogen and oxygen atoms in total. The van der Waals surface area contributed by atoms with Crippen molar-refractivity contribution in [1.82, 2.24) is 4.90 Å². The van der Waals surface area contributed by atoms with Crippen molar-refractivity contribution in [2.24, 2.45) is 5.41 Å². The van der Waals surface area contributed by atoms with Crippen LogP contribution in [0.3, 0.4) is 0 Å². The minimum Gasteiger partial charge on any atom is -0.395 e. The number of hydrogen-bond acceptors (Lipinski definition) is 2. The third-order valence-electron chi connectivity index (χ3n) is 3.85. The van der Waals surface area contributed by atoms with Gasteiger partial charge >= 0.3 is 0 Å². The normalized spacial score (nSPS) is 18.9. The van der Waals surface area contributed by atoms with Crippen LogP contribution in [0.5, 0.6) is 0 Å². The van der Waals surface area contributed by atoms with Gasteiger partial charge < -0.3 is 5.11 Å². The molecule has 1 rings (SSSR count). The Balaban J connectivity index is 2.31. The van der Waals surface area contributed by atoms with E-state index in [1.807, 2.05) is 0 Å². The van der Waals surface area contributed by atoms with E-state index in [1.165, 1.54) is 51.5 Å². The Bertz CT molecular complexity index is 192. The van der Waals surface area contributed by atoms with E-state index < -0.39 is 0 Å². The van der Waals surface area contributed by atoms with E-state index in [-0.39, 0.29) is 0 Å². The molecule has 2 heteroatoms. The fraction of sp³-hybridized carbons (Fsp3) is 1.00. The van der Waals surface area contributed by atoms with E-state index in [0.717, 1.165) is 12.6 Å². The molecule has 0 bridgehead atoms. The predicted octanol–water partition coefficient (Wildman–Crippen LogP) is 3.44. The summed E-state index contributed by atoms with van der Waals surface area (Å²) in [5.41, 5.74) is 0.442. The third-order valence-corrected chi connectivity index (χ3v) is 3.85. The van der Waals surface area contributed by atoms with Crippen LogP contribution in [0.15, 0.2) is 0 Å². The van der Waals surface area contributed by atoms with Crippen molar-refractivity contribution < 1.29 is 5.11 Å². The van der Waals surface area contributed by atoms with Crippen LogP contribution in [0.4, 0.5) is 0 Å². The molecule has 0 radical (unpaired) electrons. The highest BCUT2D eigenvalue weighted by atomic mass is 16.3. The van der Waals surface area contributed by atoms with Crippen LogP contribution in [-0.2, 0) is 0 Å². The molecule has 0 aromatic rings. The second-order valence-electron chi connectivity index (χ2n) is 6.72. The molecule has 0 aromatic heterocycles. The molecule has 1 N–H and O–H groups in total. The lowest BCUT2D eigenvalue weighted by Crippen LogP contribution is -2.39. The monoisotopic (exact) mass is 241 g/mol. The SMILES string of the molecule is CC(C)(C)CCCN(CCO)C1CCCCC1. The standard InChI is InChI=1S/C15H31NO/c1-15(2,3)10-7-11-16(12-13-17)14-8-5-4-6-9-14/h14,17H,4-13H2,1-3H3. The summed E-state index contributed by atoms with van der Waals surface area (Å²) in [4.78, 5) is 2.53. The topological polar surface area (TPSA) is 23.5 Å². The lowest BCUT2D eigenvalue weighted by atomic mass is 9.90. The van der Waals surface area contributed by atoms with E-state index in [4.69, 9.17) is 0 Å². The van der Waals surface area contributed by atoms with Gasteiger partial charge in [-0.25, -0.2) is 0 Å². The van der Waals surface area contributed by atoms with Crippen molar-refractivity contribution in [3.8, 4) is 0 Å². The van der Waals surface area contributed by atoms with Gasteiger partial charge in [-0.1, -0.05) is 40.0 Å². The van der Waals surface area contributed by atoms with Gasteiger partial charge in [0.05, 0.1) is 6.61 Å². The summed E-state index contributed by atoms with van der Waals surface area (Å²) in [5, 5.41) is 9.18. The summed E-state index contributed by atoms with van der Waals surface area (Å²) < 4.78 is 0. The maximum atomic E-state index is 9.18. The smallest absolute Gasteiger partial charge is 0.0558 e. The maximum absolute atomic E-state index is 9.18. The van der Waals surface area contributed by atoms with Gasteiger partial charge in [-0.15, -0.1) is 0 Å². The molecule has 0 aliphatic heterocycles. The number of nitrogens with zero attached hydrogens (tertiary/aromatic N) is 1. The van der Waals surface area contributed by atoms with Crippen molar-refractivity contribution in [1.29, 1.82) is 0 Å². The van der Waals surface area contributed by atoms with Crippen LogP contribution in [0.2, 0.25) is 0 Å². The molecule has 1 aliphatic carbocycles. The summed E-state index contributed by atoms with van der Waals surface area (Å²) in [5.74, 6) is 0. The number of rotatable bonds is 6.